The lowest BCUT2D eigenvalue weighted by atomic mass is 10.1. The maximum atomic E-state index is 12.5. The first kappa shape index (κ1) is 15.3. The fraction of sp³-hybridized carbons (Fsp3) is 0.538. The second-order valence-electron chi connectivity index (χ2n) is 4.95. The summed E-state index contributed by atoms with van der Waals surface area (Å²) < 4.78 is 26.4. The van der Waals surface area contributed by atoms with Gasteiger partial charge in [0.05, 0.1) is 16.8 Å². The minimum absolute atomic E-state index is 0.0795. The van der Waals surface area contributed by atoms with Crippen molar-refractivity contribution in [1.82, 2.24) is 9.29 Å². The van der Waals surface area contributed by atoms with Crippen molar-refractivity contribution in [2.75, 3.05) is 12.3 Å². The van der Waals surface area contributed by atoms with Gasteiger partial charge in [0.25, 0.3) is 0 Å². The van der Waals surface area contributed by atoms with Crippen molar-refractivity contribution >= 4 is 27.2 Å². The SMILES string of the molecule is NC(=S)C1CCCCN1S(=O)(=O)CCc1ccncc1. The van der Waals surface area contributed by atoms with Gasteiger partial charge in [0.1, 0.15) is 0 Å². The third-order valence-electron chi connectivity index (χ3n) is 3.54. The number of nitrogens with zero attached hydrogens (tertiary/aromatic N) is 2. The molecule has 0 saturated carbocycles. The quantitative estimate of drug-likeness (QED) is 0.824. The van der Waals surface area contributed by atoms with Crippen LogP contribution in [0.1, 0.15) is 24.8 Å². The number of nitrogens with two attached hydrogens (primary N) is 1. The van der Waals surface area contributed by atoms with Gasteiger partial charge in [-0.3, -0.25) is 4.98 Å². The standard InChI is InChI=1S/C13H19N3O2S2/c14-13(19)12-3-1-2-9-16(12)20(17,18)10-6-11-4-7-15-8-5-11/h4-5,7-8,12H,1-3,6,9-10H2,(H2,14,19). The molecule has 1 aliphatic rings. The van der Waals surface area contributed by atoms with Crippen LogP contribution in [-0.4, -0.2) is 41.0 Å². The van der Waals surface area contributed by atoms with Crippen molar-refractivity contribution in [3.63, 3.8) is 0 Å². The molecule has 20 heavy (non-hydrogen) atoms. The van der Waals surface area contributed by atoms with Crippen molar-refractivity contribution in [1.29, 1.82) is 0 Å². The second-order valence-corrected chi connectivity index (χ2v) is 7.46. The zero-order valence-corrected chi connectivity index (χ0v) is 12.9. The molecule has 1 aromatic rings. The van der Waals surface area contributed by atoms with Crippen LogP contribution in [0.15, 0.2) is 24.5 Å². The van der Waals surface area contributed by atoms with Crippen LogP contribution in [0.25, 0.3) is 0 Å². The number of piperidine rings is 1. The van der Waals surface area contributed by atoms with Crippen molar-refractivity contribution in [2.45, 2.75) is 31.7 Å². The molecule has 0 aliphatic carbocycles. The van der Waals surface area contributed by atoms with Gasteiger partial charge in [-0.2, -0.15) is 4.31 Å². The Morgan fingerprint density at radius 2 is 2.10 bits per heavy atom. The Morgan fingerprint density at radius 3 is 2.75 bits per heavy atom. The Labute approximate surface area is 125 Å². The molecule has 0 aromatic carbocycles. The van der Waals surface area contributed by atoms with Crippen LogP contribution in [0.3, 0.4) is 0 Å². The van der Waals surface area contributed by atoms with Crippen LogP contribution in [0.4, 0.5) is 0 Å². The highest BCUT2D eigenvalue weighted by Crippen LogP contribution is 2.21. The van der Waals surface area contributed by atoms with Crippen molar-refractivity contribution in [3.05, 3.63) is 30.1 Å². The number of rotatable bonds is 5. The van der Waals surface area contributed by atoms with Crippen LogP contribution < -0.4 is 5.73 Å². The number of sulfonamides is 1. The topological polar surface area (TPSA) is 76.3 Å². The minimum Gasteiger partial charge on any atom is -0.392 e. The number of hydrogen-bond donors (Lipinski definition) is 1. The Balaban J connectivity index is 2.06. The molecule has 1 unspecified atom stereocenters. The molecule has 7 heteroatoms. The molecule has 1 atom stereocenters. The zero-order valence-electron chi connectivity index (χ0n) is 11.2. The Morgan fingerprint density at radius 1 is 1.40 bits per heavy atom. The van der Waals surface area contributed by atoms with E-state index in [1.165, 1.54) is 4.31 Å². The Hall–Kier alpha value is -1.05. The third-order valence-corrected chi connectivity index (χ3v) is 5.68. The molecule has 110 valence electrons. The number of hydrogen-bond acceptors (Lipinski definition) is 4. The third kappa shape index (κ3) is 3.74. The molecule has 1 fully saturated rings. The first-order valence-electron chi connectivity index (χ1n) is 6.68. The Bertz CT molecular complexity index is 560. The molecule has 2 rings (SSSR count). The predicted octanol–water partition coefficient (Wildman–Crippen LogP) is 1.09. The lowest BCUT2D eigenvalue weighted by Crippen LogP contribution is -2.50. The molecule has 1 saturated heterocycles. The molecule has 0 bridgehead atoms. The summed E-state index contributed by atoms with van der Waals surface area (Å²) in [6, 6.07) is 3.34. The summed E-state index contributed by atoms with van der Waals surface area (Å²) in [5, 5.41) is 0. The van der Waals surface area contributed by atoms with Crippen LogP contribution in [0.2, 0.25) is 0 Å². The number of aromatic nitrogens is 1. The summed E-state index contributed by atoms with van der Waals surface area (Å²) in [6.45, 7) is 0.515. The van der Waals surface area contributed by atoms with Crippen molar-refractivity contribution in [3.8, 4) is 0 Å². The summed E-state index contributed by atoms with van der Waals surface area (Å²) in [4.78, 5) is 4.20. The highest BCUT2D eigenvalue weighted by molar-refractivity contribution is 7.89. The largest absolute Gasteiger partial charge is 0.392 e. The van der Waals surface area contributed by atoms with Gasteiger partial charge in [-0.25, -0.2) is 8.42 Å². The van der Waals surface area contributed by atoms with Gasteiger partial charge in [0, 0.05) is 18.9 Å². The van der Waals surface area contributed by atoms with Gasteiger partial charge in [0.15, 0.2) is 0 Å². The average Bonchev–Trinajstić information content (AvgIpc) is 2.46. The number of thiocarbonyl (C=S) groups is 1. The lowest BCUT2D eigenvalue weighted by Gasteiger charge is -2.33. The first-order chi connectivity index (χ1) is 9.50. The van der Waals surface area contributed by atoms with Crippen LogP contribution >= 0.6 is 12.2 Å². The maximum absolute atomic E-state index is 12.5. The van der Waals surface area contributed by atoms with E-state index in [2.05, 4.69) is 4.98 Å². The highest BCUT2D eigenvalue weighted by Gasteiger charge is 2.33. The highest BCUT2D eigenvalue weighted by atomic mass is 32.2. The molecular weight excluding hydrogens is 294 g/mol. The average molecular weight is 313 g/mol. The van der Waals surface area contributed by atoms with E-state index in [9.17, 15) is 8.42 Å². The molecule has 1 aromatic heterocycles. The summed E-state index contributed by atoms with van der Waals surface area (Å²) in [5.41, 5.74) is 6.64. The molecule has 0 spiro atoms. The zero-order chi connectivity index (χ0) is 14.6. The van der Waals surface area contributed by atoms with E-state index in [-0.39, 0.29) is 16.8 Å². The van der Waals surface area contributed by atoms with Gasteiger partial charge in [-0.05, 0) is 37.0 Å². The van der Waals surface area contributed by atoms with Gasteiger partial charge < -0.3 is 5.73 Å². The van der Waals surface area contributed by atoms with Gasteiger partial charge in [-0.1, -0.05) is 18.6 Å². The summed E-state index contributed by atoms with van der Waals surface area (Å²) >= 11 is 5.00. The van der Waals surface area contributed by atoms with E-state index in [0.29, 0.717) is 13.0 Å². The van der Waals surface area contributed by atoms with Crippen LogP contribution in [0.5, 0.6) is 0 Å². The fourth-order valence-electron chi connectivity index (χ4n) is 2.44. The molecule has 1 aliphatic heterocycles. The van der Waals surface area contributed by atoms with E-state index in [1.54, 1.807) is 12.4 Å². The van der Waals surface area contributed by atoms with E-state index < -0.39 is 10.0 Å². The number of pyridine rings is 1. The summed E-state index contributed by atoms with van der Waals surface area (Å²) in [5.74, 6) is 0.0795. The lowest BCUT2D eigenvalue weighted by molar-refractivity contribution is 0.306. The van der Waals surface area contributed by atoms with E-state index in [4.69, 9.17) is 18.0 Å². The van der Waals surface area contributed by atoms with E-state index in [1.807, 2.05) is 12.1 Å². The van der Waals surface area contributed by atoms with E-state index in [0.717, 1.165) is 24.8 Å². The van der Waals surface area contributed by atoms with Gasteiger partial charge in [0.2, 0.25) is 10.0 Å². The van der Waals surface area contributed by atoms with Gasteiger partial charge >= 0.3 is 0 Å². The van der Waals surface area contributed by atoms with Crippen molar-refractivity contribution in [2.24, 2.45) is 5.73 Å². The molecule has 0 amide bonds. The first-order valence-corrected chi connectivity index (χ1v) is 8.70. The Kier molecular flexibility index (Phi) is 5.06. The molecule has 2 N–H and O–H groups in total. The molecule has 2 heterocycles. The smallest absolute Gasteiger partial charge is 0.215 e. The van der Waals surface area contributed by atoms with Crippen LogP contribution in [0, 0.1) is 0 Å². The van der Waals surface area contributed by atoms with E-state index >= 15 is 0 Å². The second kappa shape index (κ2) is 6.60. The molecule has 5 nitrogen and oxygen atoms in total. The molecular formula is C13H19N3O2S2. The fourth-order valence-corrected chi connectivity index (χ4v) is 4.49. The van der Waals surface area contributed by atoms with Crippen LogP contribution in [-0.2, 0) is 16.4 Å². The normalized spacial score (nSPS) is 20.7. The van der Waals surface area contributed by atoms with Crippen molar-refractivity contribution < 1.29 is 8.42 Å². The summed E-state index contributed by atoms with van der Waals surface area (Å²) in [7, 11) is -3.33. The summed E-state index contributed by atoms with van der Waals surface area (Å²) in [6.07, 6.45) is 6.38. The monoisotopic (exact) mass is 313 g/mol. The number of aryl methyl sites for hydroxylation is 1. The molecule has 0 radical (unpaired) electrons. The van der Waals surface area contributed by atoms with Gasteiger partial charge in [-0.15, -0.1) is 0 Å². The maximum Gasteiger partial charge on any atom is 0.215 e. The minimum atomic E-state index is -3.33. The predicted molar refractivity (Wildman–Crippen MR) is 82.9 cm³/mol.